The first-order chi connectivity index (χ1) is 18.7. The van der Waals surface area contributed by atoms with Gasteiger partial charge in [0.15, 0.2) is 5.65 Å². The van der Waals surface area contributed by atoms with Crippen molar-refractivity contribution in [2.24, 2.45) is 10.9 Å². The minimum Gasteiger partial charge on any atom is -0.491 e. The van der Waals surface area contributed by atoms with Crippen LogP contribution in [0.4, 0.5) is 16.2 Å². The maximum atomic E-state index is 13.2. The fourth-order valence-electron chi connectivity index (χ4n) is 4.32. The summed E-state index contributed by atoms with van der Waals surface area (Å²) in [7, 11) is 0. The number of carbonyl (C=O) groups excluding carboxylic acids is 2. The van der Waals surface area contributed by atoms with E-state index in [-0.39, 0.29) is 18.0 Å². The third kappa shape index (κ3) is 6.65. The molecule has 5 rings (SSSR count). The normalized spacial score (nSPS) is 16.5. The van der Waals surface area contributed by atoms with Gasteiger partial charge in [-0.15, -0.1) is 0 Å². The minimum absolute atomic E-state index is 0.0526. The standard InChI is InChI=1S/C28H35N7O4/c1-28(2,3)39-27(37)34-11-7-20(8-12-34)31-15-19-13-23(24(14-22(19)29)38-17-18-5-6-18)33-26(36)21-16-32-35-10-4-9-30-25(21)35/h4,9-10,13-16,18,20H,5-8,11-12,17,29H2,1-3H3,(H,33,36). The monoisotopic (exact) mass is 533 g/mol. The lowest BCUT2D eigenvalue weighted by Crippen LogP contribution is -2.42. The molecule has 2 amide bonds. The number of rotatable bonds is 7. The molecule has 1 saturated heterocycles. The molecule has 0 spiro atoms. The number of piperidine rings is 1. The number of hydrogen-bond donors (Lipinski definition) is 2. The first-order valence-electron chi connectivity index (χ1n) is 13.3. The summed E-state index contributed by atoms with van der Waals surface area (Å²) in [6, 6.07) is 5.32. The van der Waals surface area contributed by atoms with Crippen molar-refractivity contribution in [2.75, 3.05) is 30.7 Å². The molecular weight excluding hydrogens is 498 g/mol. The van der Waals surface area contributed by atoms with Crippen LogP contribution in [0.3, 0.4) is 0 Å². The largest absolute Gasteiger partial charge is 0.491 e. The van der Waals surface area contributed by atoms with Gasteiger partial charge in [0, 0.05) is 49.0 Å². The molecule has 0 atom stereocenters. The summed E-state index contributed by atoms with van der Waals surface area (Å²) in [4.78, 5) is 36.3. The lowest BCUT2D eigenvalue weighted by atomic mass is 10.1. The van der Waals surface area contributed by atoms with E-state index < -0.39 is 5.60 Å². The van der Waals surface area contributed by atoms with Gasteiger partial charge in [-0.05, 0) is 64.5 Å². The summed E-state index contributed by atoms with van der Waals surface area (Å²) in [5.41, 5.74) is 8.36. The van der Waals surface area contributed by atoms with E-state index in [4.69, 9.17) is 20.2 Å². The van der Waals surface area contributed by atoms with Crippen LogP contribution < -0.4 is 15.8 Å². The van der Waals surface area contributed by atoms with Crippen molar-refractivity contribution >= 4 is 35.2 Å². The maximum absolute atomic E-state index is 13.2. The van der Waals surface area contributed by atoms with Crippen LogP contribution in [-0.2, 0) is 4.74 Å². The third-order valence-corrected chi connectivity index (χ3v) is 6.67. The molecule has 39 heavy (non-hydrogen) atoms. The molecule has 1 aromatic carbocycles. The number of ether oxygens (including phenoxy) is 2. The Morgan fingerprint density at radius 2 is 1.97 bits per heavy atom. The van der Waals surface area contributed by atoms with Gasteiger partial charge < -0.3 is 25.4 Å². The van der Waals surface area contributed by atoms with Gasteiger partial charge in [0.05, 0.1) is 24.5 Å². The molecule has 2 aliphatic rings. The Labute approximate surface area is 227 Å². The molecule has 1 aliphatic heterocycles. The number of aromatic nitrogens is 3. The molecule has 206 valence electrons. The number of benzene rings is 1. The molecule has 11 nitrogen and oxygen atoms in total. The van der Waals surface area contributed by atoms with E-state index in [0.29, 0.717) is 59.5 Å². The van der Waals surface area contributed by atoms with Crippen molar-refractivity contribution in [2.45, 2.75) is 58.1 Å². The average Bonchev–Trinajstić information content (AvgIpc) is 3.63. The van der Waals surface area contributed by atoms with Gasteiger partial charge in [-0.1, -0.05) is 0 Å². The van der Waals surface area contributed by atoms with Crippen LogP contribution in [-0.4, -0.2) is 69.1 Å². The van der Waals surface area contributed by atoms with Crippen LogP contribution in [0.25, 0.3) is 5.65 Å². The number of nitrogens with zero attached hydrogens (tertiary/aromatic N) is 5. The van der Waals surface area contributed by atoms with Gasteiger partial charge in [0.2, 0.25) is 0 Å². The van der Waals surface area contributed by atoms with E-state index >= 15 is 0 Å². The van der Waals surface area contributed by atoms with E-state index in [9.17, 15) is 9.59 Å². The Morgan fingerprint density at radius 1 is 1.21 bits per heavy atom. The van der Waals surface area contributed by atoms with Crippen LogP contribution >= 0.6 is 0 Å². The van der Waals surface area contributed by atoms with Crippen LogP contribution in [0.15, 0.2) is 41.8 Å². The predicted octanol–water partition coefficient (Wildman–Crippen LogP) is 4.17. The van der Waals surface area contributed by atoms with Crippen LogP contribution in [0, 0.1) is 5.92 Å². The van der Waals surface area contributed by atoms with Gasteiger partial charge in [0.1, 0.15) is 16.9 Å². The Kier molecular flexibility index (Phi) is 7.40. The van der Waals surface area contributed by atoms with Crippen molar-refractivity contribution in [3.8, 4) is 5.75 Å². The zero-order valence-corrected chi connectivity index (χ0v) is 22.6. The number of nitrogen functional groups attached to an aromatic ring is 1. The van der Waals surface area contributed by atoms with Crippen LogP contribution in [0.2, 0.25) is 0 Å². The number of amides is 2. The first-order valence-corrected chi connectivity index (χ1v) is 13.3. The van der Waals surface area contributed by atoms with Crippen molar-refractivity contribution in [3.63, 3.8) is 0 Å². The molecular formula is C28H35N7O4. The van der Waals surface area contributed by atoms with Crippen molar-refractivity contribution in [3.05, 3.63) is 47.9 Å². The zero-order chi connectivity index (χ0) is 27.6. The second-order valence-corrected chi connectivity index (χ2v) is 11.1. The van der Waals surface area contributed by atoms with E-state index in [0.717, 1.165) is 25.7 Å². The fourth-order valence-corrected chi connectivity index (χ4v) is 4.32. The van der Waals surface area contributed by atoms with Crippen LogP contribution in [0.5, 0.6) is 5.75 Å². The van der Waals surface area contributed by atoms with Gasteiger partial charge >= 0.3 is 6.09 Å². The molecule has 0 bridgehead atoms. The topological polar surface area (TPSA) is 136 Å². The zero-order valence-electron chi connectivity index (χ0n) is 22.6. The van der Waals surface area contributed by atoms with E-state index in [2.05, 4.69) is 15.4 Å². The van der Waals surface area contributed by atoms with E-state index in [1.165, 1.54) is 6.20 Å². The fraction of sp³-hybridized carbons (Fsp3) is 0.464. The van der Waals surface area contributed by atoms with Crippen molar-refractivity contribution < 1.29 is 19.1 Å². The average molecular weight is 534 g/mol. The second kappa shape index (κ2) is 10.9. The van der Waals surface area contributed by atoms with Crippen LogP contribution in [0.1, 0.15) is 62.4 Å². The molecule has 3 N–H and O–H groups in total. The number of aliphatic imine (C=N–C) groups is 1. The number of hydrogen-bond acceptors (Lipinski definition) is 8. The molecule has 1 aliphatic carbocycles. The lowest BCUT2D eigenvalue weighted by molar-refractivity contribution is 0.0207. The smallest absolute Gasteiger partial charge is 0.410 e. The lowest BCUT2D eigenvalue weighted by Gasteiger charge is -2.32. The highest BCUT2D eigenvalue weighted by atomic mass is 16.6. The van der Waals surface area contributed by atoms with E-state index in [1.807, 2.05) is 20.8 Å². The first kappa shape index (κ1) is 26.5. The number of anilines is 2. The highest BCUT2D eigenvalue weighted by Crippen LogP contribution is 2.34. The molecule has 1 saturated carbocycles. The summed E-state index contributed by atoms with van der Waals surface area (Å²) in [5, 5.41) is 7.17. The highest BCUT2D eigenvalue weighted by Gasteiger charge is 2.27. The molecule has 2 aromatic heterocycles. The third-order valence-electron chi connectivity index (χ3n) is 6.67. The molecule has 2 fully saturated rings. The number of nitrogens with one attached hydrogen (secondary N) is 1. The molecule has 0 unspecified atom stereocenters. The molecule has 0 radical (unpaired) electrons. The predicted molar refractivity (Wildman–Crippen MR) is 148 cm³/mol. The quantitative estimate of drug-likeness (QED) is 0.343. The summed E-state index contributed by atoms with van der Waals surface area (Å²) in [5.74, 6) is 0.702. The number of nitrogens with two attached hydrogens (primary N) is 1. The maximum Gasteiger partial charge on any atom is 0.410 e. The van der Waals surface area contributed by atoms with Crippen molar-refractivity contribution in [1.82, 2.24) is 19.5 Å². The number of carbonyl (C=O) groups is 2. The molecule has 3 heterocycles. The van der Waals surface area contributed by atoms with Gasteiger partial charge in [-0.25, -0.2) is 14.3 Å². The highest BCUT2D eigenvalue weighted by molar-refractivity contribution is 6.09. The number of fused-ring (bicyclic) bond motifs is 1. The molecule has 3 aromatic rings. The van der Waals surface area contributed by atoms with Gasteiger partial charge in [-0.3, -0.25) is 9.79 Å². The Morgan fingerprint density at radius 3 is 2.69 bits per heavy atom. The Bertz CT molecular complexity index is 1380. The SMILES string of the molecule is CC(C)(C)OC(=O)N1CCC(N=Cc2cc(NC(=O)c3cnn4cccnc34)c(OCC3CC3)cc2N)CC1. The van der Waals surface area contributed by atoms with Crippen molar-refractivity contribution in [1.29, 1.82) is 0 Å². The molecule has 11 heteroatoms. The summed E-state index contributed by atoms with van der Waals surface area (Å²) >= 11 is 0. The number of likely N-dealkylation sites (tertiary alicyclic amines) is 1. The van der Waals surface area contributed by atoms with E-state index in [1.54, 1.807) is 46.2 Å². The Hall–Kier alpha value is -4.15. The van der Waals surface area contributed by atoms with Gasteiger partial charge in [-0.2, -0.15) is 5.10 Å². The summed E-state index contributed by atoms with van der Waals surface area (Å²) < 4.78 is 13.1. The van der Waals surface area contributed by atoms with Gasteiger partial charge in [0.25, 0.3) is 5.91 Å². The second-order valence-electron chi connectivity index (χ2n) is 11.1. The minimum atomic E-state index is -0.521. The summed E-state index contributed by atoms with van der Waals surface area (Å²) in [6.45, 7) is 7.31. The Balaban J connectivity index is 1.30. The summed E-state index contributed by atoms with van der Waals surface area (Å²) in [6.07, 6.45) is 10.0.